The van der Waals surface area contributed by atoms with Crippen LogP contribution in [0.4, 0.5) is 10.5 Å². The third-order valence-corrected chi connectivity index (χ3v) is 2.38. The topological polar surface area (TPSA) is 70.2 Å². The van der Waals surface area contributed by atoms with E-state index in [0.29, 0.717) is 10.7 Å². The van der Waals surface area contributed by atoms with Crippen LogP contribution < -0.4 is 16.0 Å². The molecule has 1 aromatic carbocycles. The number of amides is 3. The highest BCUT2D eigenvalue weighted by atomic mass is 35.5. The zero-order valence-corrected chi connectivity index (χ0v) is 12.0. The molecule has 104 valence electrons. The Labute approximate surface area is 117 Å². The van der Waals surface area contributed by atoms with E-state index in [4.69, 9.17) is 11.6 Å². The lowest BCUT2D eigenvalue weighted by Crippen LogP contribution is -2.46. The van der Waals surface area contributed by atoms with Crippen molar-refractivity contribution in [3.05, 3.63) is 29.3 Å². The van der Waals surface area contributed by atoms with Crippen LogP contribution in [0.1, 0.15) is 20.8 Å². The molecule has 1 rings (SSSR count). The zero-order chi connectivity index (χ0) is 14.5. The van der Waals surface area contributed by atoms with E-state index in [-0.39, 0.29) is 18.0 Å². The number of hydrogen-bond donors (Lipinski definition) is 3. The summed E-state index contributed by atoms with van der Waals surface area (Å²) in [5.41, 5.74) is 0.177. The molecule has 0 saturated heterocycles. The third kappa shape index (κ3) is 6.10. The number of para-hydroxylation sites is 1. The highest BCUT2D eigenvalue weighted by Gasteiger charge is 2.14. The van der Waals surface area contributed by atoms with Gasteiger partial charge in [0.15, 0.2) is 0 Å². The third-order valence-electron chi connectivity index (χ3n) is 2.05. The fourth-order valence-corrected chi connectivity index (χ4v) is 1.54. The second-order valence-corrected chi connectivity index (χ2v) is 5.49. The molecule has 1 aromatic rings. The molecule has 0 unspecified atom stereocenters. The average molecular weight is 284 g/mol. The van der Waals surface area contributed by atoms with Crippen LogP contribution >= 0.6 is 11.6 Å². The van der Waals surface area contributed by atoms with Gasteiger partial charge in [-0.15, -0.1) is 0 Å². The Morgan fingerprint density at radius 3 is 2.42 bits per heavy atom. The molecule has 0 bridgehead atoms. The van der Waals surface area contributed by atoms with Crippen molar-refractivity contribution in [1.29, 1.82) is 0 Å². The number of anilines is 1. The van der Waals surface area contributed by atoms with Crippen molar-refractivity contribution < 1.29 is 9.59 Å². The van der Waals surface area contributed by atoms with Gasteiger partial charge in [0.05, 0.1) is 17.3 Å². The van der Waals surface area contributed by atoms with Gasteiger partial charge >= 0.3 is 6.03 Å². The van der Waals surface area contributed by atoms with Gasteiger partial charge in [-0.3, -0.25) is 4.79 Å². The Kier molecular flexibility index (Phi) is 5.18. The van der Waals surface area contributed by atoms with Gasteiger partial charge in [0.25, 0.3) is 0 Å². The van der Waals surface area contributed by atoms with E-state index in [1.165, 1.54) is 0 Å². The normalized spacial score (nSPS) is 10.7. The van der Waals surface area contributed by atoms with E-state index in [2.05, 4.69) is 16.0 Å². The molecule has 5 nitrogen and oxygen atoms in total. The summed E-state index contributed by atoms with van der Waals surface area (Å²) in [6.45, 7) is 5.52. The van der Waals surface area contributed by atoms with Crippen LogP contribution in [0, 0.1) is 0 Å². The smallest absolute Gasteiger partial charge is 0.319 e. The number of hydrogen-bond acceptors (Lipinski definition) is 2. The molecule has 0 spiro atoms. The summed E-state index contributed by atoms with van der Waals surface area (Å²) in [4.78, 5) is 23.1. The van der Waals surface area contributed by atoms with Crippen LogP contribution in [-0.2, 0) is 4.79 Å². The van der Waals surface area contributed by atoms with Crippen molar-refractivity contribution in [3.8, 4) is 0 Å². The Morgan fingerprint density at radius 1 is 1.21 bits per heavy atom. The molecule has 0 saturated carbocycles. The number of carbonyl (C=O) groups is 2. The maximum atomic E-state index is 11.6. The predicted octanol–water partition coefficient (Wildman–Crippen LogP) is 2.38. The summed E-state index contributed by atoms with van der Waals surface area (Å²) in [5.74, 6) is -0.248. The fourth-order valence-electron chi connectivity index (χ4n) is 1.35. The number of urea groups is 1. The Bertz CT molecular complexity index is 469. The van der Waals surface area contributed by atoms with E-state index in [1.807, 2.05) is 20.8 Å². The molecule has 3 N–H and O–H groups in total. The van der Waals surface area contributed by atoms with Gasteiger partial charge in [-0.1, -0.05) is 23.7 Å². The molecule has 0 aliphatic heterocycles. The zero-order valence-electron chi connectivity index (χ0n) is 11.2. The quantitative estimate of drug-likeness (QED) is 0.797. The molecule has 3 amide bonds. The number of rotatable bonds is 3. The minimum atomic E-state index is -0.475. The van der Waals surface area contributed by atoms with Crippen LogP contribution in [-0.4, -0.2) is 24.0 Å². The molecule has 0 fully saturated rings. The Hall–Kier alpha value is -1.75. The van der Waals surface area contributed by atoms with Crippen LogP contribution in [0.5, 0.6) is 0 Å². The lowest BCUT2D eigenvalue weighted by Gasteiger charge is -2.20. The van der Waals surface area contributed by atoms with Gasteiger partial charge in [-0.2, -0.15) is 0 Å². The highest BCUT2D eigenvalue weighted by molar-refractivity contribution is 6.33. The van der Waals surface area contributed by atoms with Gasteiger partial charge < -0.3 is 16.0 Å². The first-order valence-corrected chi connectivity index (χ1v) is 6.26. The van der Waals surface area contributed by atoms with Crippen LogP contribution in [0.2, 0.25) is 5.02 Å². The summed E-state index contributed by atoms with van der Waals surface area (Å²) in [6.07, 6.45) is 0. The molecule has 19 heavy (non-hydrogen) atoms. The summed E-state index contributed by atoms with van der Waals surface area (Å²) in [5, 5.41) is 8.21. The van der Waals surface area contributed by atoms with Crippen molar-refractivity contribution in [3.63, 3.8) is 0 Å². The largest absolute Gasteiger partial charge is 0.350 e. The molecule has 0 aliphatic carbocycles. The number of halogens is 1. The lowest BCUT2D eigenvalue weighted by molar-refractivity contribution is -0.121. The molecule has 0 heterocycles. The maximum Gasteiger partial charge on any atom is 0.319 e. The van der Waals surface area contributed by atoms with E-state index < -0.39 is 6.03 Å². The molecular weight excluding hydrogens is 266 g/mol. The summed E-state index contributed by atoms with van der Waals surface area (Å²) >= 11 is 5.90. The minimum Gasteiger partial charge on any atom is -0.350 e. The van der Waals surface area contributed by atoms with E-state index >= 15 is 0 Å². The average Bonchev–Trinajstić information content (AvgIpc) is 2.27. The molecule has 0 aliphatic rings. The van der Waals surface area contributed by atoms with Crippen molar-refractivity contribution in [1.82, 2.24) is 10.6 Å². The molecular formula is C13H18ClN3O2. The van der Waals surface area contributed by atoms with Crippen LogP contribution in [0.25, 0.3) is 0 Å². The van der Waals surface area contributed by atoms with Crippen LogP contribution in [0.3, 0.4) is 0 Å². The standard InChI is InChI=1S/C13H18ClN3O2/c1-13(2,3)17-11(18)8-15-12(19)16-10-7-5-4-6-9(10)14/h4-7H,8H2,1-3H3,(H,17,18)(H2,15,16,19). The summed E-state index contributed by atoms with van der Waals surface area (Å²) < 4.78 is 0. The molecule has 0 aromatic heterocycles. The first-order chi connectivity index (χ1) is 8.78. The molecule has 0 atom stereocenters. The fraction of sp³-hybridized carbons (Fsp3) is 0.385. The van der Waals surface area contributed by atoms with Gasteiger partial charge in [0, 0.05) is 5.54 Å². The van der Waals surface area contributed by atoms with Gasteiger partial charge in [-0.25, -0.2) is 4.79 Å². The minimum absolute atomic E-state index is 0.0897. The van der Waals surface area contributed by atoms with Gasteiger partial charge in [0.1, 0.15) is 0 Å². The summed E-state index contributed by atoms with van der Waals surface area (Å²) in [6, 6.07) is 6.40. The SMILES string of the molecule is CC(C)(C)NC(=O)CNC(=O)Nc1ccccc1Cl. The second kappa shape index (κ2) is 6.43. The second-order valence-electron chi connectivity index (χ2n) is 5.09. The summed E-state index contributed by atoms with van der Waals surface area (Å²) in [7, 11) is 0. The van der Waals surface area contributed by atoms with Crippen LogP contribution in [0.15, 0.2) is 24.3 Å². The molecule has 0 radical (unpaired) electrons. The first-order valence-electron chi connectivity index (χ1n) is 5.88. The van der Waals surface area contributed by atoms with Crippen molar-refractivity contribution >= 4 is 29.2 Å². The number of benzene rings is 1. The molecule has 6 heteroatoms. The van der Waals surface area contributed by atoms with E-state index in [0.717, 1.165) is 0 Å². The van der Waals surface area contributed by atoms with E-state index in [1.54, 1.807) is 24.3 Å². The van der Waals surface area contributed by atoms with Gasteiger partial charge in [-0.05, 0) is 32.9 Å². The monoisotopic (exact) mass is 283 g/mol. The number of nitrogens with one attached hydrogen (secondary N) is 3. The van der Waals surface area contributed by atoms with Crippen molar-refractivity contribution in [2.45, 2.75) is 26.3 Å². The van der Waals surface area contributed by atoms with Gasteiger partial charge in [0.2, 0.25) is 5.91 Å². The Morgan fingerprint density at radius 2 is 1.84 bits per heavy atom. The first kappa shape index (κ1) is 15.3. The predicted molar refractivity (Wildman–Crippen MR) is 76.4 cm³/mol. The lowest BCUT2D eigenvalue weighted by atomic mass is 10.1. The van der Waals surface area contributed by atoms with E-state index in [9.17, 15) is 9.59 Å². The maximum absolute atomic E-state index is 11.6. The van der Waals surface area contributed by atoms with Crippen molar-refractivity contribution in [2.24, 2.45) is 0 Å². The van der Waals surface area contributed by atoms with Crippen molar-refractivity contribution in [2.75, 3.05) is 11.9 Å². The Balaban J connectivity index is 2.41. The highest BCUT2D eigenvalue weighted by Crippen LogP contribution is 2.19. The number of carbonyl (C=O) groups excluding carboxylic acids is 2.